The van der Waals surface area contributed by atoms with E-state index in [4.69, 9.17) is 5.11 Å². The van der Waals surface area contributed by atoms with E-state index in [9.17, 15) is 9.59 Å². The first kappa shape index (κ1) is 13.7. The van der Waals surface area contributed by atoms with Gasteiger partial charge in [-0.1, -0.05) is 32.4 Å². The van der Waals surface area contributed by atoms with Crippen molar-refractivity contribution in [1.29, 1.82) is 0 Å². The highest BCUT2D eigenvalue weighted by Gasteiger charge is 2.33. The summed E-state index contributed by atoms with van der Waals surface area (Å²) in [6, 6.07) is 0. The van der Waals surface area contributed by atoms with Gasteiger partial charge in [0.05, 0.1) is 11.8 Å². The Hall–Kier alpha value is -1.32. The predicted octanol–water partition coefficient (Wildman–Crippen LogP) is 1.82. The van der Waals surface area contributed by atoms with Crippen LogP contribution in [0.5, 0.6) is 0 Å². The summed E-state index contributed by atoms with van der Waals surface area (Å²) in [5.41, 5.74) is 0. The van der Waals surface area contributed by atoms with E-state index in [2.05, 4.69) is 19.2 Å². The van der Waals surface area contributed by atoms with Crippen molar-refractivity contribution in [2.75, 3.05) is 6.54 Å². The molecule has 1 rings (SSSR count). The number of aliphatic carboxylic acids is 1. The second-order valence-electron chi connectivity index (χ2n) is 4.75. The van der Waals surface area contributed by atoms with Gasteiger partial charge in [-0.05, 0) is 18.8 Å². The van der Waals surface area contributed by atoms with E-state index in [0.717, 1.165) is 6.42 Å². The molecule has 3 atom stereocenters. The van der Waals surface area contributed by atoms with Crippen LogP contribution in [-0.4, -0.2) is 23.5 Å². The topological polar surface area (TPSA) is 66.4 Å². The summed E-state index contributed by atoms with van der Waals surface area (Å²) < 4.78 is 0. The van der Waals surface area contributed by atoms with Crippen molar-refractivity contribution in [3.63, 3.8) is 0 Å². The molecule has 96 valence electrons. The number of hydrogen-bond donors (Lipinski definition) is 2. The molecule has 17 heavy (non-hydrogen) atoms. The maximum absolute atomic E-state index is 11.9. The van der Waals surface area contributed by atoms with Gasteiger partial charge >= 0.3 is 5.97 Å². The fraction of sp³-hybridized carbons (Fsp3) is 0.692. The van der Waals surface area contributed by atoms with Gasteiger partial charge in [0.15, 0.2) is 0 Å². The number of carboxylic acid groups (broad SMARTS) is 1. The number of carboxylic acids is 1. The van der Waals surface area contributed by atoms with Crippen LogP contribution in [0, 0.1) is 17.8 Å². The molecule has 4 heteroatoms. The standard InChI is InChI=1S/C13H21NO3/c1-3-9(2)8-14-12(15)10-6-4-5-7-11(10)13(16)17/h4-5,9-11H,3,6-8H2,1-2H3,(H,14,15)(H,16,17)/t9?,10-,11+/m1/s1. The van der Waals surface area contributed by atoms with Crippen LogP contribution in [0.1, 0.15) is 33.1 Å². The average molecular weight is 239 g/mol. The second-order valence-corrected chi connectivity index (χ2v) is 4.75. The highest BCUT2D eigenvalue weighted by molar-refractivity contribution is 5.85. The highest BCUT2D eigenvalue weighted by Crippen LogP contribution is 2.26. The van der Waals surface area contributed by atoms with Gasteiger partial charge in [-0.2, -0.15) is 0 Å². The number of carbonyl (C=O) groups excluding carboxylic acids is 1. The van der Waals surface area contributed by atoms with Crippen LogP contribution < -0.4 is 5.32 Å². The number of amides is 1. The van der Waals surface area contributed by atoms with E-state index < -0.39 is 17.8 Å². The summed E-state index contributed by atoms with van der Waals surface area (Å²) in [5, 5.41) is 11.9. The summed E-state index contributed by atoms with van der Waals surface area (Å²) in [7, 11) is 0. The molecule has 1 amide bonds. The van der Waals surface area contributed by atoms with Gasteiger partial charge in [0.1, 0.15) is 0 Å². The van der Waals surface area contributed by atoms with E-state index in [1.54, 1.807) is 0 Å². The molecule has 0 bridgehead atoms. The second kappa shape index (κ2) is 6.42. The SMILES string of the molecule is CCC(C)CNC(=O)[C@@H]1CC=CC[C@@H]1C(=O)O. The Labute approximate surface area is 102 Å². The van der Waals surface area contributed by atoms with Gasteiger partial charge in [0, 0.05) is 6.54 Å². The quantitative estimate of drug-likeness (QED) is 0.719. The first-order chi connectivity index (χ1) is 8.06. The largest absolute Gasteiger partial charge is 0.481 e. The fourth-order valence-electron chi connectivity index (χ4n) is 1.93. The first-order valence-electron chi connectivity index (χ1n) is 6.21. The Morgan fingerprint density at radius 1 is 1.35 bits per heavy atom. The lowest BCUT2D eigenvalue weighted by Crippen LogP contribution is -2.40. The molecule has 0 radical (unpaired) electrons. The molecule has 0 aromatic rings. The molecule has 0 fully saturated rings. The van der Waals surface area contributed by atoms with Crippen LogP contribution in [-0.2, 0) is 9.59 Å². The van der Waals surface area contributed by atoms with Crippen molar-refractivity contribution in [1.82, 2.24) is 5.32 Å². The van der Waals surface area contributed by atoms with Crippen molar-refractivity contribution in [3.05, 3.63) is 12.2 Å². The third-order valence-electron chi connectivity index (χ3n) is 3.41. The smallest absolute Gasteiger partial charge is 0.307 e. The van der Waals surface area contributed by atoms with Crippen LogP contribution in [0.3, 0.4) is 0 Å². The summed E-state index contributed by atoms with van der Waals surface area (Å²) in [6.07, 6.45) is 5.73. The third kappa shape index (κ3) is 3.88. The summed E-state index contributed by atoms with van der Waals surface area (Å²) in [6.45, 7) is 4.76. The third-order valence-corrected chi connectivity index (χ3v) is 3.41. The number of rotatable bonds is 5. The van der Waals surface area contributed by atoms with Gasteiger partial charge in [-0.15, -0.1) is 0 Å². The molecule has 0 aromatic carbocycles. The van der Waals surface area contributed by atoms with Gasteiger partial charge in [-0.3, -0.25) is 9.59 Å². The Bertz CT molecular complexity index is 312. The maximum atomic E-state index is 11.9. The van der Waals surface area contributed by atoms with Crippen LogP contribution in [0.15, 0.2) is 12.2 Å². The zero-order valence-electron chi connectivity index (χ0n) is 10.5. The van der Waals surface area contributed by atoms with E-state index in [-0.39, 0.29) is 5.91 Å². The van der Waals surface area contributed by atoms with Crippen molar-refractivity contribution in [2.24, 2.45) is 17.8 Å². The molecule has 0 aromatic heterocycles. The number of nitrogens with one attached hydrogen (secondary N) is 1. The molecule has 0 saturated carbocycles. The van der Waals surface area contributed by atoms with Crippen LogP contribution in [0.25, 0.3) is 0 Å². The Kier molecular flexibility index (Phi) is 5.19. The van der Waals surface area contributed by atoms with Gasteiger partial charge in [-0.25, -0.2) is 0 Å². The molecule has 0 saturated heterocycles. The molecular weight excluding hydrogens is 218 g/mol. The summed E-state index contributed by atoms with van der Waals surface area (Å²) >= 11 is 0. The zero-order chi connectivity index (χ0) is 12.8. The fourth-order valence-corrected chi connectivity index (χ4v) is 1.93. The van der Waals surface area contributed by atoms with Crippen molar-refractivity contribution >= 4 is 11.9 Å². The Morgan fingerprint density at radius 2 is 1.94 bits per heavy atom. The number of allylic oxidation sites excluding steroid dienone is 2. The van der Waals surface area contributed by atoms with Crippen LogP contribution in [0.2, 0.25) is 0 Å². The lowest BCUT2D eigenvalue weighted by molar-refractivity contribution is -0.147. The number of carbonyl (C=O) groups is 2. The number of hydrogen-bond acceptors (Lipinski definition) is 2. The first-order valence-corrected chi connectivity index (χ1v) is 6.21. The highest BCUT2D eigenvalue weighted by atomic mass is 16.4. The molecule has 1 aliphatic rings. The van der Waals surface area contributed by atoms with E-state index in [1.807, 2.05) is 12.2 Å². The Morgan fingerprint density at radius 3 is 2.47 bits per heavy atom. The molecule has 0 spiro atoms. The van der Waals surface area contributed by atoms with Crippen LogP contribution >= 0.6 is 0 Å². The maximum Gasteiger partial charge on any atom is 0.307 e. The molecule has 2 N–H and O–H groups in total. The van der Waals surface area contributed by atoms with Crippen molar-refractivity contribution < 1.29 is 14.7 Å². The predicted molar refractivity (Wildman–Crippen MR) is 65.5 cm³/mol. The summed E-state index contributed by atoms with van der Waals surface area (Å²) in [5.74, 6) is -1.56. The molecule has 0 heterocycles. The Balaban J connectivity index is 2.54. The zero-order valence-corrected chi connectivity index (χ0v) is 10.5. The minimum atomic E-state index is -0.877. The van der Waals surface area contributed by atoms with Crippen molar-refractivity contribution in [3.8, 4) is 0 Å². The normalized spacial score (nSPS) is 25.3. The van der Waals surface area contributed by atoms with Gasteiger partial charge in [0.25, 0.3) is 0 Å². The van der Waals surface area contributed by atoms with Crippen LogP contribution in [0.4, 0.5) is 0 Å². The van der Waals surface area contributed by atoms with E-state index in [0.29, 0.717) is 25.3 Å². The molecule has 0 aliphatic heterocycles. The monoisotopic (exact) mass is 239 g/mol. The van der Waals surface area contributed by atoms with Gasteiger partial charge < -0.3 is 10.4 Å². The molecular formula is C13H21NO3. The minimum Gasteiger partial charge on any atom is -0.481 e. The molecule has 1 unspecified atom stereocenters. The van der Waals surface area contributed by atoms with E-state index in [1.165, 1.54) is 0 Å². The van der Waals surface area contributed by atoms with Crippen molar-refractivity contribution in [2.45, 2.75) is 33.1 Å². The molecule has 1 aliphatic carbocycles. The minimum absolute atomic E-state index is 0.123. The van der Waals surface area contributed by atoms with Gasteiger partial charge in [0.2, 0.25) is 5.91 Å². The lowest BCUT2D eigenvalue weighted by atomic mass is 9.82. The lowest BCUT2D eigenvalue weighted by Gasteiger charge is -2.24. The van der Waals surface area contributed by atoms with E-state index >= 15 is 0 Å². The molecule has 4 nitrogen and oxygen atoms in total. The summed E-state index contributed by atoms with van der Waals surface area (Å²) in [4.78, 5) is 23.0. The average Bonchev–Trinajstić information content (AvgIpc) is 2.35.